The largest absolute Gasteiger partial charge is 0.363 e. The molecule has 0 aromatic heterocycles. The minimum atomic E-state index is -5.90. The Morgan fingerprint density at radius 1 is 0.963 bits per heavy atom. The first-order valence-electron chi connectivity index (χ1n) is 7.21. The Hall–Kier alpha value is -3.22. The molecule has 1 fully saturated rings. The van der Waals surface area contributed by atoms with Crippen LogP contribution in [-0.4, -0.2) is 62.9 Å². The fourth-order valence-corrected chi connectivity index (χ4v) is 3.98. The van der Waals surface area contributed by atoms with Gasteiger partial charge in [0.1, 0.15) is 0 Å². The van der Waals surface area contributed by atoms with Gasteiger partial charge in [-0.25, -0.2) is 4.90 Å². The van der Waals surface area contributed by atoms with E-state index in [0.29, 0.717) is 12.2 Å². The predicted octanol–water partition coefficient (Wildman–Crippen LogP) is -2.23. The van der Waals surface area contributed by atoms with E-state index in [0.717, 1.165) is 12.1 Å². The van der Waals surface area contributed by atoms with Crippen LogP contribution in [0.1, 0.15) is 10.4 Å². The molecule has 3 rings (SSSR count). The van der Waals surface area contributed by atoms with E-state index >= 15 is 0 Å². The number of aliphatic hydroxyl groups is 1. The second-order valence-electron chi connectivity index (χ2n) is 5.65. The lowest BCUT2D eigenvalue weighted by Gasteiger charge is -2.39. The summed E-state index contributed by atoms with van der Waals surface area (Å²) in [6.07, 6.45) is 1.23. The van der Waals surface area contributed by atoms with E-state index in [1.807, 2.05) is 0 Å². The quantitative estimate of drug-likeness (QED) is 0.221. The van der Waals surface area contributed by atoms with E-state index in [1.54, 1.807) is 0 Å². The molecule has 1 aromatic carbocycles. The first kappa shape index (κ1) is 18.6. The zero-order chi connectivity index (χ0) is 20.2. The van der Waals surface area contributed by atoms with Crippen molar-refractivity contribution in [3.63, 3.8) is 0 Å². The smallest absolute Gasteiger partial charge is 0.311 e. The minimum Gasteiger partial charge on any atom is -0.363 e. The fraction of sp³-hybridized carbons (Fsp3) is 0.133. The van der Waals surface area contributed by atoms with E-state index in [2.05, 4.69) is 0 Å². The van der Waals surface area contributed by atoms with Gasteiger partial charge in [0.05, 0.1) is 0 Å². The van der Waals surface area contributed by atoms with Crippen LogP contribution in [0.3, 0.4) is 0 Å². The van der Waals surface area contributed by atoms with Crippen LogP contribution in [0.15, 0.2) is 42.5 Å². The van der Waals surface area contributed by atoms with Gasteiger partial charge in [-0.15, -0.1) is 0 Å². The first-order valence-corrected chi connectivity index (χ1v) is 8.65. The second-order valence-corrected chi connectivity index (χ2v) is 7.19. The van der Waals surface area contributed by atoms with Gasteiger partial charge in [-0.2, -0.15) is 8.42 Å². The summed E-state index contributed by atoms with van der Waals surface area (Å²) in [5.74, 6) is -7.97. The predicted molar refractivity (Wildman–Crippen MR) is 84.1 cm³/mol. The monoisotopic (exact) mass is 394 g/mol. The van der Waals surface area contributed by atoms with Crippen LogP contribution in [0.4, 0.5) is 0 Å². The van der Waals surface area contributed by atoms with E-state index in [1.165, 1.54) is 23.5 Å². The van der Waals surface area contributed by atoms with Crippen LogP contribution in [-0.2, 0) is 29.3 Å². The summed E-state index contributed by atoms with van der Waals surface area (Å²) >= 11 is 0. The number of imide groups is 2. The van der Waals surface area contributed by atoms with E-state index in [-0.39, 0.29) is 4.90 Å². The van der Waals surface area contributed by atoms with Crippen molar-refractivity contribution in [2.75, 3.05) is 0 Å². The summed E-state index contributed by atoms with van der Waals surface area (Å²) in [7, 11) is -5.90. The molecule has 3 N–H and O–H groups in total. The summed E-state index contributed by atoms with van der Waals surface area (Å²) in [5, 5.41) is 12.1. The standard InChI is InChI=1S/C15H10N2O9S/c18-9-6-7-10(19)17(9)14(11(20)8-4-2-1-3-5-8)12(21)16-13(22)15(14,23)27(24,25)26/h1-7,23H,(H,16,21,22)(H,24,25,26). The number of benzene rings is 1. The van der Waals surface area contributed by atoms with Gasteiger partial charge in [-0.1, -0.05) is 30.3 Å². The molecule has 140 valence electrons. The molecule has 0 saturated carbocycles. The lowest BCUT2D eigenvalue weighted by molar-refractivity contribution is -0.155. The van der Waals surface area contributed by atoms with Crippen molar-refractivity contribution in [1.82, 2.24) is 10.2 Å². The maximum Gasteiger partial charge on any atom is 0.311 e. The third kappa shape index (κ3) is 2.14. The summed E-state index contributed by atoms with van der Waals surface area (Å²) in [6.45, 7) is 0. The van der Waals surface area contributed by atoms with Gasteiger partial charge < -0.3 is 5.11 Å². The molecule has 4 amide bonds. The highest BCUT2D eigenvalue weighted by Gasteiger charge is 2.81. The van der Waals surface area contributed by atoms with E-state index in [4.69, 9.17) is 0 Å². The SMILES string of the molecule is O=C1C=CC(=O)N1C1(C(=O)c2ccccc2)C(=O)NC(=O)C1(O)S(=O)(=O)O. The third-order valence-electron chi connectivity index (χ3n) is 4.24. The van der Waals surface area contributed by atoms with Crippen LogP contribution >= 0.6 is 0 Å². The lowest BCUT2D eigenvalue weighted by atomic mass is 9.83. The van der Waals surface area contributed by atoms with E-state index in [9.17, 15) is 42.0 Å². The Kier molecular flexibility index (Phi) is 3.88. The molecule has 2 aliphatic rings. The van der Waals surface area contributed by atoms with Crippen LogP contribution in [0, 0.1) is 0 Å². The molecule has 12 heteroatoms. The maximum absolute atomic E-state index is 13.1. The molecule has 11 nitrogen and oxygen atoms in total. The topological polar surface area (TPSA) is 175 Å². The normalized spacial score (nSPS) is 28.0. The number of Topliss-reactive ketones (excluding diaryl/α,β-unsaturated/α-hetero) is 1. The molecule has 1 saturated heterocycles. The van der Waals surface area contributed by atoms with Crippen molar-refractivity contribution in [1.29, 1.82) is 0 Å². The molecule has 0 bridgehead atoms. The van der Waals surface area contributed by atoms with Gasteiger partial charge in [-0.3, -0.25) is 33.8 Å². The molecule has 2 atom stereocenters. The third-order valence-corrected chi connectivity index (χ3v) is 5.46. The molecule has 27 heavy (non-hydrogen) atoms. The number of hydrogen-bond acceptors (Lipinski definition) is 8. The van der Waals surface area contributed by atoms with Gasteiger partial charge in [-0.05, 0) is 0 Å². The molecular weight excluding hydrogens is 384 g/mol. The second kappa shape index (κ2) is 5.64. The highest BCUT2D eigenvalue weighted by atomic mass is 32.2. The zero-order valence-corrected chi connectivity index (χ0v) is 14.0. The zero-order valence-electron chi connectivity index (χ0n) is 13.1. The molecule has 2 heterocycles. The highest BCUT2D eigenvalue weighted by Crippen LogP contribution is 2.42. The molecule has 1 aromatic rings. The number of carbonyl (C=O) groups excluding carboxylic acids is 5. The number of ketones is 1. The van der Waals surface area contributed by atoms with Crippen molar-refractivity contribution < 1.29 is 42.0 Å². The molecular formula is C15H10N2O9S. The molecule has 0 radical (unpaired) electrons. The molecule has 0 spiro atoms. The van der Waals surface area contributed by atoms with Crippen molar-refractivity contribution in [3.8, 4) is 0 Å². The number of nitrogens with zero attached hydrogens (tertiary/aromatic N) is 1. The number of amides is 4. The summed E-state index contributed by atoms with van der Waals surface area (Å²) in [5.41, 5.74) is -4.01. The molecule has 2 aliphatic heterocycles. The van der Waals surface area contributed by atoms with Crippen molar-refractivity contribution in [2.24, 2.45) is 0 Å². The number of rotatable bonds is 4. The highest BCUT2D eigenvalue weighted by molar-refractivity contribution is 7.88. The number of carbonyl (C=O) groups is 5. The Bertz CT molecular complexity index is 1030. The molecule has 2 unspecified atom stereocenters. The number of hydrogen-bond donors (Lipinski definition) is 3. The first-order chi connectivity index (χ1) is 12.5. The van der Waals surface area contributed by atoms with Gasteiger partial charge in [0.15, 0.2) is 0 Å². The Morgan fingerprint density at radius 2 is 1.48 bits per heavy atom. The van der Waals surface area contributed by atoms with Crippen LogP contribution in [0.2, 0.25) is 0 Å². The Morgan fingerprint density at radius 3 is 1.96 bits per heavy atom. The van der Waals surface area contributed by atoms with Crippen molar-refractivity contribution >= 4 is 39.5 Å². The van der Waals surface area contributed by atoms with Crippen molar-refractivity contribution in [3.05, 3.63) is 48.0 Å². The molecule has 0 aliphatic carbocycles. The van der Waals surface area contributed by atoms with Gasteiger partial charge in [0.2, 0.25) is 11.3 Å². The van der Waals surface area contributed by atoms with Gasteiger partial charge in [0, 0.05) is 17.7 Å². The summed E-state index contributed by atoms with van der Waals surface area (Å²) < 4.78 is 33.3. The average molecular weight is 394 g/mol. The van der Waals surface area contributed by atoms with Crippen molar-refractivity contribution in [2.45, 2.75) is 10.5 Å². The van der Waals surface area contributed by atoms with Gasteiger partial charge in [0.25, 0.3) is 23.6 Å². The van der Waals surface area contributed by atoms with Crippen LogP contribution in [0.5, 0.6) is 0 Å². The number of nitrogens with one attached hydrogen (secondary N) is 1. The van der Waals surface area contributed by atoms with Crippen LogP contribution in [0.25, 0.3) is 0 Å². The average Bonchev–Trinajstić information content (AvgIpc) is 3.03. The van der Waals surface area contributed by atoms with E-state index < -0.39 is 55.6 Å². The summed E-state index contributed by atoms with van der Waals surface area (Å²) in [4.78, 5) is 57.9. The fourth-order valence-electron chi connectivity index (χ4n) is 3.04. The Labute approximate surface area is 151 Å². The lowest BCUT2D eigenvalue weighted by Crippen LogP contribution is -2.74. The Balaban J connectivity index is 2.43. The summed E-state index contributed by atoms with van der Waals surface area (Å²) in [6, 6.07) is 6.29. The van der Waals surface area contributed by atoms with Gasteiger partial charge >= 0.3 is 15.1 Å². The maximum atomic E-state index is 13.1. The minimum absolute atomic E-state index is 0.156. The van der Waals surface area contributed by atoms with Crippen LogP contribution < -0.4 is 5.32 Å².